The van der Waals surface area contributed by atoms with E-state index in [1.807, 2.05) is 0 Å². The molecule has 0 radical (unpaired) electrons. The first kappa shape index (κ1) is 9.51. The molecular weight excluding hydrogens is 160 g/mol. The summed E-state index contributed by atoms with van der Waals surface area (Å²) in [6.07, 6.45) is 12.1. The number of hydrogen-bond donors (Lipinski definition) is 1. The van der Waals surface area contributed by atoms with E-state index in [9.17, 15) is 5.11 Å². The minimum absolute atomic E-state index is 0.0387. The summed E-state index contributed by atoms with van der Waals surface area (Å²) in [7, 11) is 0. The van der Waals surface area contributed by atoms with Crippen molar-refractivity contribution in [3.8, 4) is 0 Å². The van der Waals surface area contributed by atoms with Gasteiger partial charge in [0, 0.05) is 0 Å². The minimum atomic E-state index is 0.0387. The second-order valence-corrected chi connectivity index (χ2v) is 4.91. The highest BCUT2D eigenvalue weighted by atomic mass is 16.3. The quantitative estimate of drug-likeness (QED) is 0.660. The molecule has 0 spiro atoms. The molecule has 2 fully saturated rings. The maximum absolute atomic E-state index is 9.92. The van der Waals surface area contributed by atoms with Crippen LogP contribution in [0.5, 0.6) is 0 Å². The Labute approximate surface area is 81.5 Å². The predicted octanol–water partition coefficient (Wildman–Crippen LogP) is 3.12. The van der Waals surface area contributed by atoms with E-state index in [4.69, 9.17) is 0 Å². The van der Waals surface area contributed by atoms with E-state index >= 15 is 0 Å². The van der Waals surface area contributed by atoms with E-state index in [1.165, 1.54) is 51.4 Å². The summed E-state index contributed by atoms with van der Waals surface area (Å²) in [6, 6.07) is 0. The third kappa shape index (κ3) is 2.25. The molecule has 2 atom stereocenters. The van der Waals surface area contributed by atoms with E-state index in [-0.39, 0.29) is 6.10 Å². The second-order valence-electron chi connectivity index (χ2n) is 4.91. The number of rotatable bonds is 1. The van der Waals surface area contributed by atoms with Crippen LogP contribution in [0.3, 0.4) is 0 Å². The lowest BCUT2D eigenvalue weighted by Gasteiger charge is -2.36. The molecule has 0 aliphatic heterocycles. The topological polar surface area (TPSA) is 20.2 Å². The zero-order chi connectivity index (χ0) is 9.10. The summed E-state index contributed by atoms with van der Waals surface area (Å²) >= 11 is 0. The Kier molecular flexibility index (Phi) is 3.26. The van der Waals surface area contributed by atoms with Gasteiger partial charge < -0.3 is 5.11 Å². The van der Waals surface area contributed by atoms with Crippen molar-refractivity contribution in [3.63, 3.8) is 0 Å². The third-order valence-electron chi connectivity index (χ3n) is 4.04. The molecule has 0 bridgehead atoms. The molecular formula is C12H22O. The van der Waals surface area contributed by atoms with E-state index in [0.717, 1.165) is 12.3 Å². The highest BCUT2D eigenvalue weighted by molar-refractivity contribution is 4.82. The Balaban J connectivity index is 1.88. The normalized spacial score (nSPS) is 37.6. The van der Waals surface area contributed by atoms with Crippen molar-refractivity contribution in [2.75, 3.05) is 0 Å². The Morgan fingerprint density at radius 1 is 0.692 bits per heavy atom. The molecule has 0 aromatic heterocycles. The highest BCUT2D eigenvalue weighted by Gasteiger charge is 2.30. The monoisotopic (exact) mass is 182 g/mol. The molecule has 2 aliphatic carbocycles. The molecule has 0 aromatic rings. The van der Waals surface area contributed by atoms with Crippen molar-refractivity contribution < 1.29 is 5.11 Å². The van der Waals surface area contributed by atoms with Crippen LogP contribution in [0.25, 0.3) is 0 Å². The number of aliphatic hydroxyl groups excluding tert-OH is 1. The zero-order valence-electron chi connectivity index (χ0n) is 8.54. The van der Waals surface area contributed by atoms with Gasteiger partial charge in [-0.3, -0.25) is 0 Å². The third-order valence-corrected chi connectivity index (χ3v) is 4.04. The first-order valence-electron chi connectivity index (χ1n) is 6.06. The largest absolute Gasteiger partial charge is 0.393 e. The standard InChI is InChI=1S/C12H22O/c13-12-9-5-4-8-11(12)10-6-2-1-3-7-10/h10-13H,1-9H2/t11-,12-/m1/s1. The molecule has 2 aliphatic rings. The molecule has 2 saturated carbocycles. The number of aliphatic hydroxyl groups is 1. The molecule has 2 rings (SSSR count). The van der Waals surface area contributed by atoms with Gasteiger partial charge in [0.25, 0.3) is 0 Å². The van der Waals surface area contributed by atoms with Crippen LogP contribution in [-0.2, 0) is 0 Å². The molecule has 13 heavy (non-hydrogen) atoms. The van der Waals surface area contributed by atoms with Crippen LogP contribution in [0, 0.1) is 11.8 Å². The van der Waals surface area contributed by atoms with Crippen molar-refractivity contribution in [1.82, 2.24) is 0 Å². The summed E-state index contributed by atoms with van der Waals surface area (Å²) in [6.45, 7) is 0. The first-order chi connectivity index (χ1) is 6.38. The van der Waals surface area contributed by atoms with E-state index in [1.54, 1.807) is 0 Å². The average molecular weight is 182 g/mol. The molecule has 0 aromatic carbocycles. The van der Waals surface area contributed by atoms with E-state index in [2.05, 4.69) is 0 Å². The minimum Gasteiger partial charge on any atom is -0.393 e. The van der Waals surface area contributed by atoms with Crippen molar-refractivity contribution in [1.29, 1.82) is 0 Å². The molecule has 0 saturated heterocycles. The summed E-state index contributed by atoms with van der Waals surface area (Å²) in [5.41, 5.74) is 0. The second kappa shape index (κ2) is 4.45. The highest BCUT2D eigenvalue weighted by Crippen LogP contribution is 2.38. The predicted molar refractivity (Wildman–Crippen MR) is 54.5 cm³/mol. The Hall–Kier alpha value is -0.0400. The van der Waals surface area contributed by atoms with Gasteiger partial charge in [0.05, 0.1) is 6.10 Å². The lowest BCUT2D eigenvalue weighted by Crippen LogP contribution is -2.32. The molecule has 0 unspecified atom stereocenters. The fourth-order valence-corrected chi connectivity index (χ4v) is 3.25. The van der Waals surface area contributed by atoms with Crippen LogP contribution in [0.2, 0.25) is 0 Å². The van der Waals surface area contributed by atoms with E-state index in [0.29, 0.717) is 5.92 Å². The Morgan fingerprint density at radius 3 is 2.00 bits per heavy atom. The van der Waals surface area contributed by atoms with Crippen molar-refractivity contribution in [2.45, 2.75) is 63.9 Å². The zero-order valence-corrected chi connectivity index (χ0v) is 8.54. The van der Waals surface area contributed by atoms with Gasteiger partial charge in [-0.25, -0.2) is 0 Å². The van der Waals surface area contributed by atoms with Gasteiger partial charge in [-0.15, -0.1) is 0 Å². The molecule has 76 valence electrons. The fourth-order valence-electron chi connectivity index (χ4n) is 3.25. The summed E-state index contributed by atoms with van der Waals surface area (Å²) in [5.74, 6) is 1.53. The summed E-state index contributed by atoms with van der Waals surface area (Å²) in [5, 5.41) is 9.92. The first-order valence-corrected chi connectivity index (χ1v) is 6.06. The fraction of sp³-hybridized carbons (Fsp3) is 1.00. The Morgan fingerprint density at radius 2 is 1.31 bits per heavy atom. The molecule has 0 heterocycles. The van der Waals surface area contributed by atoms with Gasteiger partial charge in [-0.05, 0) is 24.7 Å². The van der Waals surface area contributed by atoms with Gasteiger partial charge >= 0.3 is 0 Å². The number of hydrogen-bond acceptors (Lipinski definition) is 1. The SMILES string of the molecule is O[C@@H]1CCCC[C@@H]1C1CCCCC1. The van der Waals surface area contributed by atoms with Gasteiger partial charge in [0.1, 0.15) is 0 Å². The molecule has 0 amide bonds. The summed E-state index contributed by atoms with van der Waals surface area (Å²) in [4.78, 5) is 0. The molecule has 1 N–H and O–H groups in total. The molecule has 1 nitrogen and oxygen atoms in total. The van der Waals surface area contributed by atoms with Crippen LogP contribution >= 0.6 is 0 Å². The van der Waals surface area contributed by atoms with E-state index < -0.39 is 0 Å². The smallest absolute Gasteiger partial charge is 0.0571 e. The van der Waals surface area contributed by atoms with Crippen molar-refractivity contribution >= 4 is 0 Å². The lowest BCUT2D eigenvalue weighted by molar-refractivity contribution is 0.0257. The van der Waals surface area contributed by atoms with Crippen LogP contribution < -0.4 is 0 Å². The van der Waals surface area contributed by atoms with Gasteiger partial charge in [-0.1, -0.05) is 44.9 Å². The maximum Gasteiger partial charge on any atom is 0.0571 e. The van der Waals surface area contributed by atoms with Crippen LogP contribution in [-0.4, -0.2) is 11.2 Å². The van der Waals surface area contributed by atoms with Gasteiger partial charge in [0.15, 0.2) is 0 Å². The van der Waals surface area contributed by atoms with Crippen molar-refractivity contribution in [2.24, 2.45) is 11.8 Å². The average Bonchev–Trinajstić information content (AvgIpc) is 2.20. The Bertz CT molecular complexity index is 149. The van der Waals surface area contributed by atoms with Crippen LogP contribution in [0.15, 0.2) is 0 Å². The van der Waals surface area contributed by atoms with Crippen LogP contribution in [0.4, 0.5) is 0 Å². The summed E-state index contributed by atoms with van der Waals surface area (Å²) < 4.78 is 0. The maximum atomic E-state index is 9.92. The van der Waals surface area contributed by atoms with Crippen LogP contribution in [0.1, 0.15) is 57.8 Å². The van der Waals surface area contributed by atoms with Gasteiger partial charge in [0.2, 0.25) is 0 Å². The molecule has 1 heteroatoms. The van der Waals surface area contributed by atoms with Gasteiger partial charge in [-0.2, -0.15) is 0 Å². The lowest BCUT2D eigenvalue weighted by atomic mass is 9.72. The van der Waals surface area contributed by atoms with Crippen molar-refractivity contribution in [3.05, 3.63) is 0 Å².